The Kier molecular flexibility index (Phi) is 2.66. The first-order valence-electron chi connectivity index (χ1n) is 6.72. The van der Waals surface area contributed by atoms with Crippen LogP contribution in [0.15, 0.2) is 0 Å². The Morgan fingerprint density at radius 1 is 1.25 bits per heavy atom. The zero-order chi connectivity index (χ0) is 11.1. The standard InChI is InChI=1S/C13H22N2O/c1-15-8-11(4-5-13(15)16)14-12-7-9-2-3-10(12)6-9/h9-12,14H,2-8H2,1H3. The summed E-state index contributed by atoms with van der Waals surface area (Å²) in [6.07, 6.45) is 7.51. The Hall–Kier alpha value is -0.570. The van der Waals surface area contributed by atoms with Gasteiger partial charge in [-0.05, 0) is 37.5 Å². The Morgan fingerprint density at radius 2 is 2.12 bits per heavy atom. The minimum atomic E-state index is 0.311. The summed E-state index contributed by atoms with van der Waals surface area (Å²) in [4.78, 5) is 13.3. The highest BCUT2D eigenvalue weighted by Gasteiger charge is 2.40. The van der Waals surface area contributed by atoms with Crippen LogP contribution in [0.5, 0.6) is 0 Å². The van der Waals surface area contributed by atoms with E-state index in [2.05, 4.69) is 5.32 Å². The number of hydrogen-bond donors (Lipinski definition) is 1. The summed E-state index contributed by atoms with van der Waals surface area (Å²) in [6, 6.07) is 1.30. The van der Waals surface area contributed by atoms with E-state index in [0.717, 1.165) is 37.3 Å². The van der Waals surface area contributed by atoms with Crippen molar-refractivity contribution in [2.24, 2.45) is 11.8 Å². The molecule has 1 amide bonds. The number of carbonyl (C=O) groups is 1. The lowest BCUT2D eigenvalue weighted by Gasteiger charge is -2.34. The van der Waals surface area contributed by atoms with Gasteiger partial charge in [-0.15, -0.1) is 0 Å². The van der Waals surface area contributed by atoms with E-state index in [4.69, 9.17) is 0 Å². The van der Waals surface area contributed by atoms with Gasteiger partial charge in [0.05, 0.1) is 0 Å². The monoisotopic (exact) mass is 222 g/mol. The fourth-order valence-corrected chi connectivity index (χ4v) is 3.90. The molecule has 1 saturated heterocycles. The quantitative estimate of drug-likeness (QED) is 0.765. The summed E-state index contributed by atoms with van der Waals surface area (Å²) >= 11 is 0. The second kappa shape index (κ2) is 4.02. The molecule has 2 saturated carbocycles. The van der Waals surface area contributed by atoms with Gasteiger partial charge < -0.3 is 10.2 Å². The van der Waals surface area contributed by atoms with Crippen LogP contribution in [0.25, 0.3) is 0 Å². The Labute approximate surface area is 97.6 Å². The summed E-state index contributed by atoms with van der Waals surface area (Å²) in [6.45, 7) is 0.909. The third-order valence-corrected chi connectivity index (χ3v) is 4.81. The second-order valence-corrected chi connectivity index (χ2v) is 5.96. The Balaban J connectivity index is 1.54. The van der Waals surface area contributed by atoms with E-state index in [1.165, 1.54) is 25.7 Å². The SMILES string of the molecule is CN1CC(NC2CC3CCC2C3)CCC1=O. The maximum absolute atomic E-state index is 11.4. The predicted molar refractivity (Wildman–Crippen MR) is 63.0 cm³/mol. The van der Waals surface area contributed by atoms with Crippen LogP contribution >= 0.6 is 0 Å². The van der Waals surface area contributed by atoms with E-state index in [0.29, 0.717) is 11.9 Å². The molecular weight excluding hydrogens is 200 g/mol. The average molecular weight is 222 g/mol. The van der Waals surface area contributed by atoms with Crippen molar-refractivity contribution in [2.45, 2.75) is 50.6 Å². The molecule has 16 heavy (non-hydrogen) atoms. The van der Waals surface area contributed by atoms with Crippen LogP contribution < -0.4 is 5.32 Å². The van der Waals surface area contributed by atoms with Crippen LogP contribution in [0, 0.1) is 11.8 Å². The molecule has 0 aromatic rings. The van der Waals surface area contributed by atoms with Gasteiger partial charge in [0.1, 0.15) is 0 Å². The minimum Gasteiger partial charge on any atom is -0.344 e. The maximum Gasteiger partial charge on any atom is 0.222 e. The van der Waals surface area contributed by atoms with E-state index in [9.17, 15) is 4.79 Å². The van der Waals surface area contributed by atoms with Gasteiger partial charge in [0.25, 0.3) is 0 Å². The molecule has 3 nitrogen and oxygen atoms in total. The molecule has 0 aromatic carbocycles. The summed E-state index contributed by atoms with van der Waals surface area (Å²) in [7, 11) is 1.93. The van der Waals surface area contributed by atoms with Crippen LogP contribution in [-0.2, 0) is 4.79 Å². The highest BCUT2D eigenvalue weighted by atomic mass is 16.2. The molecule has 3 aliphatic rings. The molecule has 1 aliphatic heterocycles. The lowest BCUT2D eigenvalue weighted by atomic mass is 9.93. The van der Waals surface area contributed by atoms with Gasteiger partial charge in [-0.1, -0.05) is 6.42 Å². The van der Waals surface area contributed by atoms with Crippen LogP contribution in [-0.4, -0.2) is 36.5 Å². The normalized spacial score (nSPS) is 43.1. The van der Waals surface area contributed by atoms with Gasteiger partial charge in [-0.2, -0.15) is 0 Å². The number of rotatable bonds is 2. The van der Waals surface area contributed by atoms with Crippen molar-refractivity contribution >= 4 is 5.91 Å². The van der Waals surface area contributed by atoms with E-state index in [1.54, 1.807) is 0 Å². The highest BCUT2D eigenvalue weighted by Crippen LogP contribution is 2.44. The average Bonchev–Trinajstić information content (AvgIpc) is 2.85. The molecular formula is C13H22N2O. The summed E-state index contributed by atoms with van der Waals surface area (Å²) in [5.74, 6) is 2.25. The van der Waals surface area contributed by atoms with Gasteiger partial charge in [0.2, 0.25) is 5.91 Å². The van der Waals surface area contributed by atoms with Crippen LogP contribution in [0.2, 0.25) is 0 Å². The molecule has 4 unspecified atom stereocenters. The molecule has 0 radical (unpaired) electrons. The lowest BCUT2D eigenvalue weighted by Crippen LogP contribution is -2.50. The van der Waals surface area contributed by atoms with Gasteiger partial charge >= 0.3 is 0 Å². The molecule has 2 bridgehead atoms. The summed E-state index contributed by atoms with van der Waals surface area (Å²) in [5, 5.41) is 3.81. The second-order valence-electron chi connectivity index (χ2n) is 5.96. The molecule has 0 spiro atoms. The van der Waals surface area contributed by atoms with Crippen molar-refractivity contribution in [2.75, 3.05) is 13.6 Å². The number of nitrogens with zero attached hydrogens (tertiary/aromatic N) is 1. The van der Waals surface area contributed by atoms with Gasteiger partial charge in [0, 0.05) is 32.1 Å². The first-order chi connectivity index (χ1) is 7.72. The molecule has 1 N–H and O–H groups in total. The van der Waals surface area contributed by atoms with E-state index < -0.39 is 0 Å². The first-order valence-corrected chi connectivity index (χ1v) is 6.72. The number of amides is 1. The number of nitrogens with one attached hydrogen (secondary N) is 1. The van der Waals surface area contributed by atoms with Crippen molar-refractivity contribution in [3.63, 3.8) is 0 Å². The predicted octanol–water partition coefficient (Wildman–Crippen LogP) is 1.39. The smallest absolute Gasteiger partial charge is 0.222 e. The highest BCUT2D eigenvalue weighted by molar-refractivity contribution is 5.76. The summed E-state index contributed by atoms with van der Waals surface area (Å²) < 4.78 is 0. The molecule has 0 aromatic heterocycles. The Bertz CT molecular complexity index is 292. The zero-order valence-corrected chi connectivity index (χ0v) is 10.1. The van der Waals surface area contributed by atoms with Gasteiger partial charge in [0.15, 0.2) is 0 Å². The number of fused-ring (bicyclic) bond motifs is 2. The molecule has 1 heterocycles. The number of likely N-dealkylation sites (N-methyl/N-ethyl adjacent to an activating group) is 1. The molecule has 90 valence electrons. The van der Waals surface area contributed by atoms with Crippen molar-refractivity contribution in [3.05, 3.63) is 0 Å². The van der Waals surface area contributed by atoms with Crippen molar-refractivity contribution in [1.82, 2.24) is 10.2 Å². The van der Waals surface area contributed by atoms with E-state index >= 15 is 0 Å². The molecule has 3 fully saturated rings. The van der Waals surface area contributed by atoms with Crippen LogP contribution in [0.3, 0.4) is 0 Å². The summed E-state index contributed by atoms with van der Waals surface area (Å²) in [5.41, 5.74) is 0. The third kappa shape index (κ3) is 1.86. The largest absolute Gasteiger partial charge is 0.344 e. The zero-order valence-electron chi connectivity index (χ0n) is 10.1. The molecule has 4 atom stereocenters. The number of piperidine rings is 1. The number of carbonyl (C=O) groups excluding carboxylic acids is 1. The number of likely N-dealkylation sites (tertiary alicyclic amines) is 1. The Morgan fingerprint density at radius 3 is 2.75 bits per heavy atom. The number of hydrogen-bond acceptors (Lipinski definition) is 2. The lowest BCUT2D eigenvalue weighted by molar-refractivity contribution is -0.132. The topological polar surface area (TPSA) is 32.3 Å². The fourth-order valence-electron chi connectivity index (χ4n) is 3.90. The van der Waals surface area contributed by atoms with Gasteiger partial charge in [-0.3, -0.25) is 4.79 Å². The van der Waals surface area contributed by atoms with Crippen molar-refractivity contribution in [3.8, 4) is 0 Å². The van der Waals surface area contributed by atoms with Gasteiger partial charge in [-0.25, -0.2) is 0 Å². The van der Waals surface area contributed by atoms with Crippen molar-refractivity contribution in [1.29, 1.82) is 0 Å². The third-order valence-electron chi connectivity index (χ3n) is 4.81. The van der Waals surface area contributed by atoms with E-state index in [-0.39, 0.29) is 0 Å². The van der Waals surface area contributed by atoms with Crippen LogP contribution in [0.1, 0.15) is 38.5 Å². The maximum atomic E-state index is 11.4. The molecule has 2 aliphatic carbocycles. The molecule has 3 rings (SSSR count). The van der Waals surface area contributed by atoms with E-state index in [1.807, 2.05) is 11.9 Å². The van der Waals surface area contributed by atoms with Crippen LogP contribution in [0.4, 0.5) is 0 Å². The molecule has 3 heteroatoms. The minimum absolute atomic E-state index is 0.311. The first kappa shape index (κ1) is 10.6. The van der Waals surface area contributed by atoms with Crippen molar-refractivity contribution < 1.29 is 4.79 Å². The fraction of sp³-hybridized carbons (Fsp3) is 0.923.